The molecule has 92 valence electrons. The zero-order valence-electron chi connectivity index (χ0n) is 10.2. The third-order valence-corrected chi connectivity index (χ3v) is 3.85. The van der Waals surface area contributed by atoms with Crippen LogP contribution in [-0.2, 0) is 6.54 Å². The minimum Gasteiger partial charge on any atom is -0.339 e. The summed E-state index contributed by atoms with van der Waals surface area (Å²) in [4.78, 5) is 24.5. The number of fused-ring (bicyclic) bond motifs is 2. The number of aryl methyl sites for hydroxylation is 1. The normalized spacial score (nSPS) is 14.2. The highest BCUT2D eigenvalue weighted by Gasteiger charge is 2.21. The van der Waals surface area contributed by atoms with Crippen LogP contribution in [-0.4, -0.2) is 10.4 Å². The molecule has 0 fully saturated rings. The molecule has 4 rings (SSSR count). The van der Waals surface area contributed by atoms with Gasteiger partial charge in [-0.15, -0.1) is 0 Å². The van der Waals surface area contributed by atoms with Crippen LogP contribution >= 0.6 is 0 Å². The number of aromatic nitrogens is 1. The Kier molecular flexibility index (Phi) is 1.96. The Morgan fingerprint density at radius 3 is 2.58 bits per heavy atom. The summed E-state index contributed by atoms with van der Waals surface area (Å²) in [5.41, 5.74) is 2.40. The molecular weight excluding hydrogens is 238 g/mol. The quantitative estimate of drug-likeness (QED) is 0.575. The highest BCUT2D eigenvalue weighted by Crippen LogP contribution is 2.27. The number of para-hydroxylation sites is 2. The molecule has 0 aliphatic carbocycles. The van der Waals surface area contributed by atoms with Gasteiger partial charge in [0.1, 0.15) is 0 Å². The van der Waals surface area contributed by atoms with Crippen molar-refractivity contribution < 1.29 is 4.79 Å². The summed E-state index contributed by atoms with van der Waals surface area (Å²) in [6.45, 7) is 0.646. The molecule has 2 heterocycles. The van der Waals surface area contributed by atoms with Crippen molar-refractivity contribution in [2.45, 2.75) is 13.0 Å². The molecular formula is C16H11NO2. The van der Waals surface area contributed by atoms with Gasteiger partial charge in [-0.1, -0.05) is 18.2 Å². The van der Waals surface area contributed by atoms with Gasteiger partial charge in [-0.2, -0.15) is 0 Å². The van der Waals surface area contributed by atoms with Crippen LogP contribution < -0.4 is 5.43 Å². The van der Waals surface area contributed by atoms with Crippen molar-refractivity contribution in [2.24, 2.45) is 0 Å². The number of ketones is 1. The Morgan fingerprint density at radius 2 is 1.68 bits per heavy atom. The van der Waals surface area contributed by atoms with Crippen molar-refractivity contribution in [1.82, 2.24) is 4.57 Å². The fourth-order valence-corrected chi connectivity index (χ4v) is 2.99. The lowest BCUT2D eigenvalue weighted by molar-refractivity contribution is 0.0974. The van der Waals surface area contributed by atoms with Crippen LogP contribution in [0, 0.1) is 0 Å². The summed E-state index contributed by atoms with van der Waals surface area (Å²) in [6, 6.07) is 13.0. The first kappa shape index (κ1) is 10.5. The second-order valence-corrected chi connectivity index (χ2v) is 4.87. The highest BCUT2D eigenvalue weighted by atomic mass is 16.1. The Balaban J connectivity index is 2.39. The largest absolute Gasteiger partial charge is 0.339 e. The van der Waals surface area contributed by atoms with Crippen molar-refractivity contribution in [3.8, 4) is 0 Å². The van der Waals surface area contributed by atoms with E-state index in [9.17, 15) is 9.59 Å². The SMILES string of the molecule is O=C1CCn2c3ccccc3c(=O)c3cccc1c32. The van der Waals surface area contributed by atoms with Crippen LogP contribution in [0.5, 0.6) is 0 Å². The minimum atomic E-state index is 0.0124. The van der Waals surface area contributed by atoms with E-state index < -0.39 is 0 Å². The van der Waals surface area contributed by atoms with Gasteiger partial charge in [0.15, 0.2) is 11.2 Å². The van der Waals surface area contributed by atoms with E-state index in [4.69, 9.17) is 0 Å². The van der Waals surface area contributed by atoms with Gasteiger partial charge in [-0.05, 0) is 24.3 Å². The number of rotatable bonds is 0. The molecule has 1 aliphatic heterocycles. The summed E-state index contributed by atoms with van der Waals surface area (Å²) in [6.07, 6.45) is 0.499. The van der Waals surface area contributed by atoms with Crippen LogP contribution in [0.3, 0.4) is 0 Å². The van der Waals surface area contributed by atoms with Crippen molar-refractivity contribution in [2.75, 3.05) is 0 Å². The van der Waals surface area contributed by atoms with Crippen LogP contribution in [0.15, 0.2) is 47.3 Å². The number of pyridine rings is 1. The lowest BCUT2D eigenvalue weighted by Crippen LogP contribution is -2.20. The number of carbonyl (C=O) groups excluding carboxylic acids is 1. The number of hydrogen-bond acceptors (Lipinski definition) is 2. The third kappa shape index (κ3) is 1.27. The van der Waals surface area contributed by atoms with E-state index in [1.54, 1.807) is 6.07 Å². The summed E-state index contributed by atoms with van der Waals surface area (Å²) < 4.78 is 2.10. The molecule has 0 N–H and O–H groups in total. The molecule has 0 spiro atoms. The standard InChI is InChI=1S/C16H11NO2/c18-14-8-9-17-13-7-2-1-4-10(13)16(19)12-6-3-5-11(14)15(12)17/h1-7H,8-9H2. The van der Waals surface area contributed by atoms with Gasteiger partial charge in [0.25, 0.3) is 0 Å². The molecule has 1 aromatic heterocycles. The van der Waals surface area contributed by atoms with Gasteiger partial charge >= 0.3 is 0 Å². The van der Waals surface area contributed by atoms with Gasteiger partial charge in [-0.25, -0.2) is 0 Å². The van der Waals surface area contributed by atoms with Crippen molar-refractivity contribution in [3.05, 3.63) is 58.3 Å². The van der Waals surface area contributed by atoms with Crippen LogP contribution in [0.4, 0.5) is 0 Å². The second kappa shape index (κ2) is 3.54. The zero-order chi connectivity index (χ0) is 13.0. The van der Waals surface area contributed by atoms with Crippen molar-refractivity contribution >= 4 is 27.6 Å². The highest BCUT2D eigenvalue weighted by molar-refractivity contribution is 6.10. The molecule has 0 bridgehead atoms. The van der Waals surface area contributed by atoms with Gasteiger partial charge in [0.2, 0.25) is 0 Å². The number of carbonyl (C=O) groups is 1. The molecule has 0 saturated heterocycles. The lowest BCUT2D eigenvalue weighted by atomic mass is 9.98. The Hall–Kier alpha value is -2.42. The molecule has 0 atom stereocenters. The fourth-order valence-electron chi connectivity index (χ4n) is 2.99. The van der Waals surface area contributed by atoms with E-state index >= 15 is 0 Å². The van der Waals surface area contributed by atoms with Crippen LogP contribution in [0.25, 0.3) is 21.8 Å². The Labute approximate surface area is 109 Å². The molecule has 3 nitrogen and oxygen atoms in total. The van der Waals surface area contributed by atoms with Gasteiger partial charge in [-0.3, -0.25) is 9.59 Å². The Morgan fingerprint density at radius 1 is 0.895 bits per heavy atom. The molecule has 3 heteroatoms. The monoisotopic (exact) mass is 249 g/mol. The maximum absolute atomic E-state index is 12.5. The third-order valence-electron chi connectivity index (χ3n) is 3.85. The van der Waals surface area contributed by atoms with Crippen LogP contribution in [0.2, 0.25) is 0 Å². The summed E-state index contributed by atoms with van der Waals surface area (Å²) in [5, 5.41) is 1.37. The molecule has 0 saturated carbocycles. The van der Waals surface area contributed by atoms with E-state index in [2.05, 4.69) is 4.57 Å². The first-order valence-electron chi connectivity index (χ1n) is 6.35. The number of benzene rings is 2. The van der Waals surface area contributed by atoms with E-state index in [0.717, 1.165) is 16.4 Å². The summed E-state index contributed by atoms with van der Waals surface area (Å²) >= 11 is 0. The molecule has 0 amide bonds. The second-order valence-electron chi connectivity index (χ2n) is 4.87. The molecule has 1 aliphatic rings. The maximum atomic E-state index is 12.5. The van der Waals surface area contributed by atoms with Gasteiger partial charge < -0.3 is 4.57 Å². The first-order valence-corrected chi connectivity index (χ1v) is 6.35. The lowest BCUT2D eigenvalue weighted by Gasteiger charge is -2.21. The van der Waals surface area contributed by atoms with E-state index in [0.29, 0.717) is 23.9 Å². The minimum absolute atomic E-state index is 0.0124. The average molecular weight is 249 g/mol. The first-order chi connectivity index (χ1) is 9.27. The molecule has 3 aromatic rings. The van der Waals surface area contributed by atoms with Crippen molar-refractivity contribution in [1.29, 1.82) is 0 Å². The predicted octanol–water partition coefficient (Wildman–Crippen LogP) is 2.74. The molecule has 0 unspecified atom stereocenters. The van der Waals surface area contributed by atoms with E-state index in [1.165, 1.54) is 0 Å². The topological polar surface area (TPSA) is 39.1 Å². The summed E-state index contributed by atoms with van der Waals surface area (Å²) in [7, 11) is 0. The average Bonchev–Trinajstić information content (AvgIpc) is 2.46. The number of Topliss-reactive ketones (excluding diaryl/α,β-unsaturated/α-hetero) is 1. The number of nitrogens with zero attached hydrogens (tertiary/aromatic N) is 1. The predicted molar refractivity (Wildman–Crippen MR) is 74.7 cm³/mol. The van der Waals surface area contributed by atoms with E-state index in [1.807, 2.05) is 36.4 Å². The Bertz CT molecular complexity index is 906. The van der Waals surface area contributed by atoms with Gasteiger partial charge in [0.05, 0.1) is 11.0 Å². The smallest absolute Gasteiger partial charge is 0.197 e. The van der Waals surface area contributed by atoms with Crippen molar-refractivity contribution in [3.63, 3.8) is 0 Å². The zero-order valence-corrected chi connectivity index (χ0v) is 10.2. The number of hydrogen-bond donors (Lipinski definition) is 0. The maximum Gasteiger partial charge on any atom is 0.197 e. The van der Waals surface area contributed by atoms with Gasteiger partial charge in [0, 0.05) is 29.3 Å². The summed E-state index contributed by atoms with van der Waals surface area (Å²) in [5.74, 6) is 0.125. The van der Waals surface area contributed by atoms with Crippen LogP contribution in [0.1, 0.15) is 16.8 Å². The molecule has 2 aromatic carbocycles. The fraction of sp³-hybridized carbons (Fsp3) is 0.125. The molecule has 0 radical (unpaired) electrons. The van der Waals surface area contributed by atoms with E-state index in [-0.39, 0.29) is 11.2 Å². The molecule has 19 heavy (non-hydrogen) atoms.